The first-order valence-corrected chi connectivity index (χ1v) is 15.7. The fourth-order valence-corrected chi connectivity index (χ4v) is 6.78. The molecule has 0 aromatic heterocycles. The standard InChI is InChI=1S/C25H36O19S2/c1-10(26)36-8-16-18(38-12(3)28)20(39-13(4)29)21(40-14(5)30)25(43-16)45-23-19(44-46(32,33)34)17(9-37-11(2)27)42-24(35-7)22(23)41-15(6)31/h16-25H,8-9H2,1-7H3,(H,32,33,34)/t16-,17-,18+,19+,20+,21-,22-,23-,24-,25+/m1/s1. The number of ether oxygens (including phenoxy) is 9. The predicted octanol–water partition coefficient (Wildman–Crippen LogP) is -0.775. The van der Waals surface area contributed by atoms with Crippen LogP contribution in [0, 0.1) is 0 Å². The molecule has 262 valence electrons. The molecular weight excluding hydrogens is 668 g/mol. The number of rotatable bonds is 13. The molecule has 0 aliphatic carbocycles. The van der Waals surface area contributed by atoms with Gasteiger partial charge in [0, 0.05) is 48.7 Å². The molecule has 0 saturated carbocycles. The Labute approximate surface area is 268 Å². The minimum Gasteiger partial charge on any atom is -0.463 e. The largest absolute Gasteiger partial charge is 0.463 e. The van der Waals surface area contributed by atoms with E-state index in [-0.39, 0.29) is 0 Å². The summed E-state index contributed by atoms with van der Waals surface area (Å²) in [5, 5.41) is -1.48. The lowest BCUT2D eigenvalue weighted by Crippen LogP contribution is -2.64. The van der Waals surface area contributed by atoms with Crippen molar-refractivity contribution in [2.24, 2.45) is 0 Å². The maximum absolute atomic E-state index is 12.3. The van der Waals surface area contributed by atoms with Gasteiger partial charge in [-0.05, 0) is 0 Å². The van der Waals surface area contributed by atoms with Crippen LogP contribution < -0.4 is 0 Å². The molecule has 10 atom stereocenters. The second-order valence-electron chi connectivity index (χ2n) is 9.81. The molecule has 19 nitrogen and oxygen atoms in total. The third-order valence-corrected chi connectivity index (χ3v) is 8.01. The van der Waals surface area contributed by atoms with Crippen molar-refractivity contribution < 1.29 is 88.6 Å². The third-order valence-electron chi connectivity index (χ3n) is 6.05. The molecule has 0 aromatic rings. The maximum Gasteiger partial charge on any atom is 0.397 e. The summed E-state index contributed by atoms with van der Waals surface area (Å²) in [6.07, 6.45) is -12.4. The number of carbonyl (C=O) groups is 6. The van der Waals surface area contributed by atoms with Crippen molar-refractivity contribution in [3.63, 3.8) is 0 Å². The summed E-state index contributed by atoms with van der Waals surface area (Å²) >= 11 is 0.587. The fraction of sp³-hybridized carbons (Fsp3) is 0.760. The molecule has 0 spiro atoms. The molecule has 0 bridgehead atoms. The van der Waals surface area contributed by atoms with Crippen LogP contribution in [0.5, 0.6) is 0 Å². The highest BCUT2D eigenvalue weighted by Crippen LogP contribution is 2.42. The molecule has 0 amide bonds. The highest BCUT2D eigenvalue weighted by Gasteiger charge is 2.57. The van der Waals surface area contributed by atoms with Crippen molar-refractivity contribution in [1.82, 2.24) is 0 Å². The summed E-state index contributed by atoms with van der Waals surface area (Å²) in [6.45, 7) is 5.00. The number of methoxy groups -OCH3 is 1. The van der Waals surface area contributed by atoms with E-state index in [1.807, 2.05) is 0 Å². The van der Waals surface area contributed by atoms with Gasteiger partial charge in [0.05, 0.1) is 5.25 Å². The van der Waals surface area contributed by atoms with E-state index in [1.54, 1.807) is 0 Å². The number of esters is 6. The maximum atomic E-state index is 12.3. The summed E-state index contributed by atoms with van der Waals surface area (Å²) in [4.78, 5) is 71.9. The van der Waals surface area contributed by atoms with Crippen molar-refractivity contribution in [2.45, 2.75) is 101 Å². The monoisotopic (exact) mass is 704 g/mol. The van der Waals surface area contributed by atoms with Gasteiger partial charge in [-0.15, -0.1) is 11.8 Å². The zero-order valence-electron chi connectivity index (χ0n) is 25.8. The first-order chi connectivity index (χ1) is 21.3. The number of hydrogen-bond donors (Lipinski definition) is 1. The van der Waals surface area contributed by atoms with Crippen LogP contribution in [0.15, 0.2) is 0 Å². The number of hydrogen-bond acceptors (Lipinski definition) is 19. The minimum atomic E-state index is -5.28. The van der Waals surface area contributed by atoms with Crippen molar-refractivity contribution in [3.05, 3.63) is 0 Å². The molecule has 0 unspecified atom stereocenters. The Morgan fingerprint density at radius 2 is 1.07 bits per heavy atom. The average Bonchev–Trinajstić information content (AvgIpc) is 2.90. The zero-order valence-corrected chi connectivity index (χ0v) is 27.4. The van der Waals surface area contributed by atoms with Gasteiger partial charge in [0.15, 0.2) is 30.7 Å². The van der Waals surface area contributed by atoms with Gasteiger partial charge in [0.25, 0.3) is 0 Å². The fourth-order valence-electron chi connectivity index (χ4n) is 4.58. The average molecular weight is 705 g/mol. The smallest absolute Gasteiger partial charge is 0.397 e. The van der Waals surface area contributed by atoms with E-state index in [1.165, 1.54) is 0 Å². The molecule has 2 rings (SSSR count). The second kappa shape index (κ2) is 17.2. The van der Waals surface area contributed by atoms with Crippen LogP contribution >= 0.6 is 11.8 Å². The van der Waals surface area contributed by atoms with Crippen molar-refractivity contribution >= 4 is 58.0 Å². The zero-order chi connectivity index (χ0) is 34.9. The molecule has 0 radical (unpaired) electrons. The van der Waals surface area contributed by atoms with Crippen LogP contribution in [0.1, 0.15) is 41.5 Å². The van der Waals surface area contributed by atoms with E-state index in [0.29, 0.717) is 11.8 Å². The lowest BCUT2D eigenvalue weighted by atomic mass is 9.99. The highest BCUT2D eigenvalue weighted by atomic mass is 32.3. The van der Waals surface area contributed by atoms with Crippen LogP contribution in [-0.4, -0.2) is 129 Å². The lowest BCUT2D eigenvalue weighted by molar-refractivity contribution is -0.262. The third kappa shape index (κ3) is 11.9. The van der Waals surface area contributed by atoms with E-state index in [9.17, 15) is 41.7 Å². The van der Waals surface area contributed by atoms with Crippen LogP contribution in [0.3, 0.4) is 0 Å². The van der Waals surface area contributed by atoms with Crippen molar-refractivity contribution in [2.75, 3.05) is 20.3 Å². The Kier molecular flexibility index (Phi) is 14.6. The van der Waals surface area contributed by atoms with Crippen molar-refractivity contribution in [3.8, 4) is 0 Å². The van der Waals surface area contributed by atoms with Crippen LogP contribution in [0.4, 0.5) is 0 Å². The minimum absolute atomic E-state index is 0.573. The number of thioether (sulfide) groups is 1. The summed E-state index contributed by atoms with van der Waals surface area (Å²) < 4.78 is 87.3. The molecule has 2 aliphatic heterocycles. The van der Waals surface area contributed by atoms with Gasteiger partial charge < -0.3 is 42.6 Å². The van der Waals surface area contributed by atoms with Gasteiger partial charge in [-0.2, -0.15) is 8.42 Å². The Hall–Kier alpha value is -3.08. The SMILES string of the molecule is CO[C@@H]1O[C@H](COC(C)=O)[C@H](OS(=O)(=O)O)[C@@H](S[C@@H]2O[C@H](COC(C)=O)[C@H](OC(C)=O)[C@H](OC(C)=O)[C@H]2OC(C)=O)[C@H]1OC(C)=O. The Bertz CT molecular complexity index is 1240. The Morgan fingerprint density at radius 1 is 0.630 bits per heavy atom. The summed E-state index contributed by atoms with van der Waals surface area (Å²) in [6, 6.07) is 0. The topological polar surface area (TPSA) is 249 Å². The van der Waals surface area contributed by atoms with Gasteiger partial charge in [-0.1, -0.05) is 0 Å². The molecule has 0 aromatic carbocycles. The first-order valence-electron chi connectivity index (χ1n) is 13.4. The normalized spacial score (nSPS) is 31.1. The van der Waals surface area contributed by atoms with E-state index in [4.69, 9.17) is 46.8 Å². The molecule has 2 heterocycles. The second-order valence-corrected chi connectivity index (χ2v) is 12.1. The summed E-state index contributed by atoms with van der Waals surface area (Å²) in [5.74, 6) is -5.16. The van der Waals surface area contributed by atoms with Crippen LogP contribution in [0.2, 0.25) is 0 Å². The quantitative estimate of drug-likeness (QED) is 0.140. The van der Waals surface area contributed by atoms with Gasteiger partial charge in [0.2, 0.25) is 0 Å². The summed E-state index contributed by atoms with van der Waals surface area (Å²) in [5.41, 5.74) is -1.53. The molecule has 21 heteroatoms. The van der Waals surface area contributed by atoms with Gasteiger partial charge >= 0.3 is 46.2 Å². The molecular formula is C25H36O19S2. The lowest BCUT2D eigenvalue weighted by Gasteiger charge is -2.48. The molecule has 2 fully saturated rings. The highest BCUT2D eigenvalue weighted by molar-refractivity contribution is 8.00. The van der Waals surface area contributed by atoms with E-state index in [2.05, 4.69) is 0 Å². The van der Waals surface area contributed by atoms with Crippen molar-refractivity contribution in [1.29, 1.82) is 0 Å². The van der Waals surface area contributed by atoms with Gasteiger partial charge in [0.1, 0.15) is 37.0 Å². The molecule has 46 heavy (non-hydrogen) atoms. The predicted molar refractivity (Wildman–Crippen MR) is 148 cm³/mol. The van der Waals surface area contributed by atoms with E-state index >= 15 is 0 Å². The van der Waals surface area contributed by atoms with Gasteiger partial charge in [-0.3, -0.25) is 33.3 Å². The summed E-state index contributed by atoms with van der Waals surface area (Å²) in [7, 11) is -4.12. The van der Waals surface area contributed by atoms with Crippen LogP contribution in [0.25, 0.3) is 0 Å². The van der Waals surface area contributed by atoms with E-state index < -0.39 is 119 Å². The van der Waals surface area contributed by atoms with Gasteiger partial charge in [-0.25, -0.2) is 4.18 Å². The van der Waals surface area contributed by atoms with Crippen LogP contribution in [-0.2, 0) is 86.0 Å². The molecule has 2 saturated heterocycles. The Balaban J connectivity index is 2.74. The van der Waals surface area contributed by atoms with E-state index in [0.717, 1.165) is 48.7 Å². The molecule has 1 N–H and O–H groups in total. The first kappa shape index (κ1) is 39.1. The Morgan fingerprint density at radius 3 is 1.50 bits per heavy atom. The molecule has 2 aliphatic rings. The number of carbonyl (C=O) groups excluding carboxylic acids is 6.